The molecule has 6 heteroatoms. The first-order chi connectivity index (χ1) is 8.72. The molecule has 0 atom stereocenters. The quantitative estimate of drug-likeness (QED) is 0.750. The molecule has 0 saturated heterocycles. The van der Waals surface area contributed by atoms with Gasteiger partial charge in [0, 0.05) is 19.7 Å². The SMILES string of the molecule is O=c1c(Br)c(NCCCCO)cnn1CC1CC1. The molecule has 1 heterocycles. The zero-order valence-corrected chi connectivity index (χ0v) is 11.8. The summed E-state index contributed by atoms with van der Waals surface area (Å²) in [5, 5.41) is 16.0. The van der Waals surface area contributed by atoms with Crippen molar-refractivity contribution in [3.8, 4) is 0 Å². The van der Waals surface area contributed by atoms with E-state index in [1.165, 1.54) is 17.5 Å². The van der Waals surface area contributed by atoms with Crippen LogP contribution in [-0.2, 0) is 6.54 Å². The van der Waals surface area contributed by atoms with Crippen LogP contribution in [0, 0.1) is 5.92 Å². The molecule has 0 aliphatic heterocycles. The molecule has 18 heavy (non-hydrogen) atoms. The van der Waals surface area contributed by atoms with E-state index < -0.39 is 0 Å². The number of unbranched alkanes of at least 4 members (excludes halogenated alkanes) is 1. The summed E-state index contributed by atoms with van der Waals surface area (Å²) in [6.45, 7) is 1.65. The van der Waals surface area contributed by atoms with Crippen molar-refractivity contribution in [1.29, 1.82) is 0 Å². The van der Waals surface area contributed by atoms with Crippen molar-refractivity contribution in [1.82, 2.24) is 9.78 Å². The third kappa shape index (κ3) is 3.55. The van der Waals surface area contributed by atoms with Crippen molar-refractivity contribution >= 4 is 21.6 Å². The smallest absolute Gasteiger partial charge is 0.283 e. The molecule has 2 N–H and O–H groups in total. The number of halogens is 1. The van der Waals surface area contributed by atoms with E-state index in [-0.39, 0.29) is 12.2 Å². The first-order valence-corrected chi connectivity index (χ1v) is 7.12. The number of nitrogens with zero attached hydrogens (tertiary/aromatic N) is 2. The molecule has 2 rings (SSSR count). The van der Waals surface area contributed by atoms with E-state index >= 15 is 0 Å². The van der Waals surface area contributed by atoms with Gasteiger partial charge in [-0.2, -0.15) is 5.10 Å². The number of aromatic nitrogens is 2. The maximum atomic E-state index is 12.0. The monoisotopic (exact) mass is 315 g/mol. The van der Waals surface area contributed by atoms with E-state index in [2.05, 4.69) is 26.3 Å². The minimum absolute atomic E-state index is 0.0749. The molecule has 0 radical (unpaired) electrons. The fourth-order valence-electron chi connectivity index (χ4n) is 1.72. The number of nitrogens with one attached hydrogen (secondary N) is 1. The van der Waals surface area contributed by atoms with Crippen LogP contribution in [0.4, 0.5) is 5.69 Å². The summed E-state index contributed by atoms with van der Waals surface area (Å²) in [7, 11) is 0. The molecular formula is C12H18BrN3O2. The van der Waals surface area contributed by atoms with Gasteiger partial charge in [0.15, 0.2) is 0 Å². The molecule has 1 aliphatic rings. The van der Waals surface area contributed by atoms with Crippen molar-refractivity contribution in [2.75, 3.05) is 18.5 Å². The Bertz CT molecular complexity index is 457. The lowest BCUT2D eigenvalue weighted by atomic mass is 10.3. The molecule has 1 fully saturated rings. The number of aliphatic hydroxyl groups excluding tert-OH is 1. The van der Waals surface area contributed by atoms with Crippen molar-refractivity contribution < 1.29 is 5.11 Å². The molecule has 1 saturated carbocycles. The molecule has 5 nitrogen and oxygen atoms in total. The highest BCUT2D eigenvalue weighted by atomic mass is 79.9. The van der Waals surface area contributed by atoms with E-state index in [0.29, 0.717) is 10.4 Å². The maximum absolute atomic E-state index is 12.0. The van der Waals surface area contributed by atoms with Crippen molar-refractivity contribution in [3.05, 3.63) is 21.0 Å². The highest BCUT2D eigenvalue weighted by molar-refractivity contribution is 9.10. The largest absolute Gasteiger partial charge is 0.396 e. The van der Waals surface area contributed by atoms with Crippen LogP contribution in [0.15, 0.2) is 15.5 Å². The summed E-state index contributed by atoms with van der Waals surface area (Å²) in [6.07, 6.45) is 5.72. The van der Waals surface area contributed by atoms with Crippen molar-refractivity contribution in [3.63, 3.8) is 0 Å². The lowest BCUT2D eigenvalue weighted by Crippen LogP contribution is -2.25. The Morgan fingerprint density at radius 2 is 2.28 bits per heavy atom. The van der Waals surface area contributed by atoms with Gasteiger partial charge in [-0.05, 0) is 47.5 Å². The molecule has 100 valence electrons. The molecule has 0 bridgehead atoms. The minimum Gasteiger partial charge on any atom is -0.396 e. The van der Waals surface area contributed by atoms with E-state index in [1.807, 2.05) is 0 Å². The van der Waals surface area contributed by atoms with Crippen LogP contribution in [0.3, 0.4) is 0 Å². The summed E-state index contributed by atoms with van der Waals surface area (Å²) >= 11 is 3.33. The van der Waals surface area contributed by atoms with Crippen LogP contribution < -0.4 is 10.9 Å². The summed E-state index contributed by atoms with van der Waals surface area (Å²) < 4.78 is 2.07. The summed E-state index contributed by atoms with van der Waals surface area (Å²) in [6, 6.07) is 0. The van der Waals surface area contributed by atoms with E-state index in [4.69, 9.17) is 5.11 Å². The molecule has 0 unspecified atom stereocenters. The van der Waals surface area contributed by atoms with Gasteiger partial charge in [0.05, 0.1) is 11.9 Å². The molecule has 1 aliphatic carbocycles. The van der Waals surface area contributed by atoms with Crippen LogP contribution >= 0.6 is 15.9 Å². The number of rotatable bonds is 7. The van der Waals surface area contributed by atoms with Gasteiger partial charge in [-0.15, -0.1) is 0 Å². The van der Waals surface area contributed by atoms with Crippen LogP contribution in [0.5, 0.6) is 0 Å². The molecule has 1 aromatic rings. The average Bonchev–Trinajstić information content (AvgIpc) is 3.17. The van der Waals surface area contributed by atoms with Crippen LogP contribution in [0.2, 0.25) is 0 Å². The number of anilines is 1. The zero-order valence-electron chi connectivity index (χ0n) is 10.2. The molecule has 0 amide bonds. The van der Waals surface area contributed by atoms with E-state index in [0.717, 1.165) is 31.6 Å². The first kappa shape index (κ1) is 13.5. The number of hydrogen-bond acceptors (Lipinski definition) is 4. The Balaban J connectivity index is 1.98. The zero-order chi connectivity index (χ0) is 13.0. The fraction of sp³-hybridized carbons (Fsp3) is 0.667. The predicted octanol–water partition coefficient (Wildman–Crippen LogP) is 1.60. The standard InChI is InChI=1S/C12H18BrN3O2/c13-11-10(14-5-1-2-6-17)7-15-16(12(11)18)8-9-3-4-9/h7,9,14,17H,1-6,8H2. The topological polar surface area (TPSA) is 67.2 Å². The molecule has 0 aromatic carbocycles. The van der Waals surface area contributed by atoms with Gasteiger partial charge in [0.25, 0.3) is 5.56 Å². The van der Waals surface area contributed by atoms with Gasteiger partial charge < -0.3 is 10.4 Å². The Morgan fingerprint density at radius 1 is 1.50 bits per heavy atom. The van der Waals surface area contributed by atoms with Gasteiger partial charge >= 0.3 is 0 Å². The number of aliphatic hydroxyl groups is 1. The van der Waals surface area contributed by atoms with E-state index in [1.54, 1.807) is 6.20 Å². The summed E-state index contributed by atoms with van der Waals surface area (Å²) in [5.41, 5.74) is 0.652. The van der Waals surface area contributed by atoms with Gasteiger partial charge in [-0.1, -0.05) is 0 Å². The highest BCUT2D eigenvalue weighted by Gasteiger charge is 2.23. The minimum atomic E-state index is -0.0749. The van der Waals surface area contributed by atoms with Gasteiger partial charge in [0.1, 0.15) is 4.47 Å². The van der Waals surface area contributed by atoms with E-state index in [9.17, 15) is 4.79 Å². The fourth-order valence-corrected chi connectivity index (χ4v) is 2.17. The highest BCUT2D eigenvalue weighted by Crippen LogP contribution is 2.30. The Morgan fingerprint density at radius 3 is 2.94 bits per heavy atom. The maximum Gasteiger partial charge on any atom is 0.283 e. The Labute approximate surface area is 114 Å². The lowest BCUT2D eigenvalue weighted by Gasteiger charge is -2.09. The molecule has 0 spiro atoms. The summed E-state index contributed by atoms with van der Waals surface area (Å²) in [4.78, 5) is 12.0. The second-order valence-electron chi connectivity index (χ2n) is 4.66. The second kappa shape index (κ2) is 6.33. The van der Waals surface area contributed by atoms with Crippen LogP contribution in [0.1, 0.15) is 25.7 Å². The average molecular weight is 316 g/mol. The molecular weight excluding hydrogens is 298 g/mol. The number of hydrogen-bond donors (Lipinski definition) is 2. The van der Waals surface area contributed by atoms with Crippen molar-refractivity contribution in [2.45, 2.75) is 32.2 Å². The lowest BCUT2D eigenvalue weighted by molar-refractivity contribution is 0.286. The third-order valence-corrected chi connectivity index (χ3v) is 3.78. The third-order valence-electron chi connectivity index (χ3n) is 3.01. The first-order valence-electron chi connectivity index (χ1n) is 6.32. The summed E-state index contributed by atoms with van der Waals surface area (Å²) in [5.74, 6) is 0.630. The Kier molecular flexibility index (Phi) is 4.77. The van der Waals surface area contributed by atoms with Crippen molar-refractivity contribution in [2.24, 2.45) is 5.92 Å². The predicted molar refractivity (Wildman–Crippen MR) is 73.7 cm³/mol. The Hall–Kier alpha value is -0.880. The van der Waals surface area contributed by atoms with Crippen LogP contribution in [0.25, 0.3) is 0 Å². The van der Waals surface area contributed by atoms with Gasteiger partial charge in [-0.3, -0.25) is 4.79 Å². The second-order valence-corrected chi connectivity index (χ2v) is 5.45. The molecule has 1 aromatic heterocycles. The van der Waals surface area contributed by atoms with Gasteiger partial charge in [0.2, 0.25) is 0 Å². The normalized spacial score (nSPS) is 14.8. The van der Waals surface area contributed by atoms with Crippen LogP contribution in [-0.4, -0.2) is 28.0 Å². The van der Waals surface area contributed by atoms with Gasteiger partial charge in [-0.25, -0.2) is 4.68 Å².